The van der Waals surface area contributed by atoms with Crippen LogP contribution in [0.5, 0.6) is 0 Å². The molecule has 1 fully saturated rings. The Labute approximate surface area is 146 Å². The number of carbonyl (C=O) groups excluding carboxylic acids is 1. The van der Waals surface area contributed by atoms with Crippen molar-refractivity contribution in [3.05, 3.63) is 34.9 Å². The second-order valence-electron chi connectivity index (χ2n) is 6.90. The van der Waals surface area contributed by atoms with Crippen LogP contribution in [0.2, 0.25) is 0 Å². The smallest absolute Gasteiger partial charge is 0.466 e. The topological polar surface area (TPSA) is 35.5 Å². The molecule has 0 saturated heterocycles. The van der Waals surface area contributed by atoms with Crippen molar-refractivity contribution < 1.29 is 27.4 Å². The lowest BCUT2D eigenvalue weighted by molar-refractivity contribution is -0.368. The highest BCUT2D eigenvalue weighted by molar-refractivity contribution is 5.73. The van der Waals surface area contributed by atoms with Crippen LogP contribution in [0.4, 0.5) is 13.2 Å². The number of carbonyl (C=O) groups is 1. The predicted octanol–water partition coefficient (Wildman–Crippen LogP) is 5.05. The van der Waals surface area contributed by atoms with Crippen molar-refractivity contribution in [2.75, 3.05) is 6.61 Å². The number of rotatable bonds is 5. The maximum absolute atomic E-state index is 12.6. The molecular formula is C19H25F3O3. The summed E-state index contributed by atoms with van der Waals surface area (Å²) in [6.45, 7) is 5.59. The second kappa shape index (κ2) is 7.77. The molecule has 140 valence electrons. The van der Waals surface area contributed by atoms with Gasteiger partial charge in [0.1, 0.15) is 0 Å². The average Bonchev–Trinajstić information content (AvgIpc) is 2.47. The van der Waals surface area contributed by atoms with E-state index in [-0.39, 0.29) is 18.3 Å². The van der Waals surface area contributed by atoms with Crippen LogP contribution in [-0.2, 0) is 20.7 Å². The molecular weight excluding hydrogens is 333 g/mol. The summed E-state index contributed by atoms with van der Waals surface area (Å²) in [5.74, 6) is -0.147. The van der Waals surface area contributed by atoms with Crippen LogP contribution in [0, 0.1) is 6.92 Å². The Hall–Kier alpha value is -1.56. The molecule has 3 nitrogen and oxygen atoms in total. The van der Waals surface area contributed by atoms with Gasteiger partial charge in [-0.2, -0.15) is 0 Å². The summed E-state index contributed by atoms with van der Waals surface area (Å²) in [7, 11) is 0. The van der Waals surface area contributed by atoms with Gasteiger partial charge in [0, 0.05) is 0 Å². The summed E-state index contributed by atoms with van der Waals surface area (Å²) in [6, 6.07) is 5.77. The summed E-state index contributed by atoms with van der Waals surface area (Å²) in [4.78, 5) is 11.9. The minimum atomic E-state index is -4.61. The molecule has 25 heavy (non-hydrogen) atoms. The third-order valence-electron chi connectivity index (χ3n) is 4.87. The van der Waals surface area contributed by atoms with E-state index in [1.807, 2.05) is 25.1 Å². The Morgan fingerprint density at radius 3 is 2.48 bits per heavy atom. The number of benzene rings is 1. The molecule has 0 aliphatic heterocycles. The standard InChI is InChI=1S/C19H25F3O3/c1-4-24-16(23)12-15-7-5-6-13(2)17(15)14-8-10-18(3,11-9-14)25-19(20,21)22/h5-7,14H,4,8-12H2,1-3H3. The predicted molar refractivity (Wildman–Crippen MR) is 88.3 cm³/mol. The first-order chi connectivity index (χ1) is 11.6. The lowest BCUT2D eigenvalue weighted by Crippen LogP contribution is -2.38. The van der Waals surface area contributed by atoms with Crippen molar-refractivity contribution in [1.82, 2.24) is 0 Å². The second-order valence-corrected chi connectivity index (χ2v) is 6.90. The van der Waals surface area contributed by atoms with Crippen molar-refractivity contribution >= 4 is 5.97 Å². The Balaban J connectivity index is 2.14. The quantitative estimate of drug-likeness (QED) is 0.691. The Morgan fingerprint density at radius 1 is 1.28 bits per heavy atom. The molecule has 1 aliphatic rings. The molecule has 0 amide bonds. The van der Waals surface area contributed by atoms with Crippen molar-refractivity contribution in [3.8, 4) is 0 Å². The minimum Gasteiger partial charge on any atom is -0.466 e. The number of hydrogen-bond acceptors (Lipinski definition) is 3. The minimum absolute atomic E-state index is 0.135. The lowest BCUT2D eigenvalue weighted by Gasteiger charge is -2.38. The van der Waals surface area contributed by atoms with E-state index in [0.29, 0.717) is 32.3 Å². The maximum Gasteiger partial charge on any atom is 0.523 e. The van der Waals surface area contributed by atoms with Gasteiger partial charge in [-0.3, -0.25) is 9.53 Å². The highest BCUT2D eigenvalue weighted by Crippen LogP contribution is 2.44. The van der Waals surface area contributed by atoms with Gasteiger partial charge < -0.3 is 4.74 Å². The summed E-state index contributed by atoms with van der Waals surface area (Å²) >= 11 is 0. The highest BCUT2D eigenvalue weighted by atomic mass is 19.4. The molecule has 0 bridgehead atoms. The molecule has 0 heterocycles. The molecule has 1 aromatic carbocycles. The van der Waals surface area contributed by atoms with E-state index >= 15 is 0 Å². The molecule has 1 saturated carbocycles. The molecule has 0 N–H and O–H groups in total. The molecule has 0 unspecified atom stereocenters. The Bertz CT molecular complexity index is 602. The largest absolute Gasteiger partial charge is 0.523 e. The number of aryl methyl sites for hydroxylation is 1. The monoisotopic (exact) mass is 358 g/mol. The zero-order chi connectivity index (χ0) is 18.7. The Kier molecular flexibility index (Phi) is 6.14. The van der Waals surface area contributed by atoms with E-state index in [2.05, 4.69) is 4.74 Å². The first kappa shape index (κ1) is 19.8. The highest BCUT2D eigenvalue weighted by Gasteiger charge is 2.43. The van der Waals surface area contributed by atoms with Gasteiger partial charge >= 0.3 is 12.3 Å². The first-order valence-electron chi connectivity index (χ1n) is 8.64. The van der Waals surface area contributed by atoms with Crippen LogP contribution in [0.3, 0.4) is 0 Å². The van der Waals surface area contributed by atoms with Gasteiger partial charge in [0.15, 0.2) is 0 Å². The van der Waals surface area contributed by atoms with Gasteiger partial charge in [0.25, 0.3) is 0 Å². The molecule has 0 atom stereocenters. The van der Waals surface area contributed by atoms with E-state index < -0.39 is 12.0 Å². The van der Waals surface area contributed by atoms with Gasteiger partial charge in [-0.1, -0.05) is 18.2 Å². The van der Waals surface area contributed by atoms with Crippen molar-refractivity contribution in [3.63, 3.8) is 0 Å². The summed E-state index contributed by atoms with van der Waals surface area (Å²) < 4.78 is 47.1. The molecule has 0 aromatic heterocycles. The number of halogens is 3. The van der Waals surface area contributed by atoms with Gasteiger partial charge in [0.05, 0.1) is 18.6 Å². The fourth-order valence-corrected chi connectivity index (χ4v) is 3.75. The fraction of sp³-hybridized carbons (Fsp3) is 0.632. The number of alkyl halides is 3. The number of esters is 1. The lowest BCUT2D eigenvalue weighted by atomic mass is 9.74. The van der Waals surface area contributed by atoms with Gasteiger partial charge in [-0.25, -0.2) is 0 Å². The molecule has 2 rings (SSSR count). The van der Waals surface area contributed by atoms with Crippen LogP contribution in [0.1, 0.15) is 62.1 Å². The third kappa shape index (κ3) is 5.46. The summed E-state index contributed by atoms with van der Waals surface area (Å²) in [5, 5.41) is 0. The summed E-state index contributed by atoms with van der Waals surface area (Å²) in [6.07, 6.45) is -2.54. The molecule has 0 radical (unpaired) electrons. The van der Waals surface area contributed by atoms with E-state index in [1.54, 1.807) is 6.92 Å². The fourth-order valence-electron chi connectivity index (χ4n) is 3.75. The Morgan fingerprint density at radius 2 is 1.92 bits per heavy atom. The van der Waals surface area contributed by atoms with Crippen LogP contribution in [0.15, 0.2) is 18.2 Å². The normalized spacial score (nSPS) is 24.2. The first-order valence-corrected chi connectivity index (χ1v) is 8.64. The van der Waals surface area contributed by atoms with Crippen LogP contribution < -0.4 is 0 Å². The van der Waals surface area contributed by atoms with E-state index in [0.717, 1.165) is 16.7 Å². The van der Waals surface area contributed by atoms with Crippen molar-refractivity contribution in [2.45, 2.75) is 70.8 Å². The summed E-state index contributed by atoms with van der Waals surface area (Å²) in [5.41, 5.74) is 1.87. The zero-order valence-corrected chi connectivity index (χ0v) is 14.9. The van der Waals surface area contributed by atoms with Crippen LogP contribution in [0.25, 0.3) is 0 Å². The number of hydrogen-bond donors (Lipinski definition) is 0. The zero-order valence-electron chi connectivity index (χ0n) is 14.9. The van der Waals surface area contributed by atoms with Gasteiger partial charge in [-0.05, 0) is 69.1 Å². The molecule has 0 spiro atoms. The van der Waals surface area contributed by atoms with Crippen LogP contribution in [-0.4, -0.2) is 24.5 Å². The third-order valence-corrected chi connectivity index (χ3v) is 4.87. The molecule has 1 aromatic rings. The van der Waals surface area contributed by atoms with Crippen LogP contribution >= 0.6 is 0 Å². The van der Waals surface area contributed by atoms with E-state index in [4.69, 9.17) is 4.74 Å². The van der Waals surface area contributed by atoms with E-state index in [1.165, 1.54) is 6.92 Å². The SMILES string of the molecule is CCOC(=O)Cc1cccc(C)c1C1CCC(C)(OC(F)(F)F)CC1. The van der Waals surface area contributed by atoms with Crippen molar-refractivity contribution in [2.24, 2.45) is 0 Å². The molecule has 6 heteroatoms. The van der Waals surface area contributed by atoms with Crippen molar-refractivity contribution in [1.29, 1.82) is 0 Å². The van der Waals surface area contributed by atoms with Gasteiger partial charge in [-0.15, -0.1) is 13.2 Å². The average molecular weight is 358 g/mol. The maximum atomic E-state index is 12.6. The van der Waals surface area contributed by atoms with Gasteiger partial charge in [0.2, 0.25) is 0 Å². The van der Waals surface area contributed by atoms with E-state index in [9.17, 15) is 18.0 Å². The number of ether oxygens (including phenoxy) is 2. The molecule has 1 aliphatic carbocycles.